The van der Waals surface area contributed by atoms with E-state index in [-0.39, 0.29) is 0 Å². The molecule has 0 aromatic rings. The minimum Gasteiger partial charge on any atom is -0.394 e. The van der Waals surface area contributed by atoms with E-state index in [0.29, 0.717) is 0 Å². The fourth-order valence-corrected chi connectivity index (χ4v) is 9.22. The van der Waals surface area contributed by atoms with Crippen LogP contribution in [0.15, 0.2) is 0 Å². The summed E-state index contributed by atoms with van der Waals surface area (Å²) in [6.07, 6.45) is -53.6. The highest BCUT2D eigenvalue weighted by molar-refractivity contribution is 5.73. The molecule has 33 heteroatoms. The first-order valence-electron chi connectivity index (χ1n) is 23.1. The summed E-state index contributed by atoms with van der Waals surface area (Å²) in [5.41, 5.74) is 0. The molecule has 0 aliphatic carbocycles. The Morgan fingerprint density at radius 3 is 1.23 bits per heavy atom. The molecule has 6 saturated heterocycles. The Bertz CT molecular complexity index is 1750. The van der Waals surface area contributed by atoms with Crippen molar-refractivity contribution in [1.82, 2.24) is 10.6 Å². The van der Waals surface area contributed by atoms with Gasteiger partial charge in [-0.1, -0.05) is 0 Å². The number of ether oxygens (including phenoxy) is 11. The molecular formula is C40H68N2O31. The van der Waals surface area contributed by atoms with E-state index in [1.165, 1.54) is 0 Å². The summed E-state index contributed by atoms with van der Waals surface area (Å²) in [4.78, 5) is 24.6. The Morgan fingerprint density at radius 2 is 0.726 bits per heavy atom. The molecule has 2 amide bonds. The molecule has 0 aromatic heterocycles. The number of amides is 2. The molecule has 0 spiro atoms. The Balaban J connectivity index is 1.27. The van der Waals surface area contributed by atoms with Gasteiger partial charge in [-0.05, 0) is 0 Å². The number of aliphatic hydroxyl groups excluding tert-OH is 18. The monoisotopic (exact) mass is 1070 g/mol. The van der Waals surface area contributed by atoms with Gasteiger partial charge in [0.1, 0.15) is 146 Å². The van der Waals surface area contributed by atoms with Crippen LogP contribution in [0.4, 0.5) is 0 Å². The minimum absolute atomic E-state index is 0.769. The highest BCUT2D eigenvalue weighted by atomic mass is 16.8. The van der Waals surface area contributed by atoms with Gasteiger partial charge in [-0.15, -0.1) is 0 Å². The molecule has 6 aliphatic rings. The van der Waals surface area contributed by atoms with E-state index in [1.807, 2.05) is 0 Å². The predicted octanol–water partition coefficient (Wildman–Crippen LogP) is -13.8. The summed E-state index contributed by atoms with van der Waals surface area (Å²) in [6.45, 7) is -3.61. The van der Waals surface area contributed by atoms with Crippen molar-refractivity contribution in [1.29, 1.82) is 0 Å². The molecule has 6 heterocycles. The van der Waals surface area contributed by atoms with Gasteiger partial charge < -0.3 is 155 Å². The van der Waals surface area contributed by atoms with Crippen LogP contribution in [-0.2, 0) is 61.7 Å². The molecule has 73 heavy (non-hydrogen) atoms. The zero-order valence-corrected chi connectivity index (χ0v) is 38.9. The number of hydrogen-bond donors (Lipinski definition) is 20. The lowest BCUT2D eigenvalue weighted by molar-refractivity contribution is -0.389. The number of hydrogen-bond acceptors (Lipinski definition) is 31. The zero-order chi connectivity index (χ0) is 53.9. The number of nitrogens with one attached hydrogen (secondary N) is 2. The summed E-state index contributed by atoms with van der Waals surface area (Å²) in [5.74, 6) is -1.58. The first-order chi connectivity index (χ1) is 34.5. The SMILES string of the molecule is CC(=O)N[C@H]1[C@H](OC[C@H]2O[C@@H](O[C@H]3[C@H](O)[C@@H](O)[C@H](O)O[C@@H]3CO)[C@H](O)[C@@H](O[C@H]3O[C@H](CO)[C@H](O)[C@H](O[C@@H]4O[C@H](CO)[C@H](O)[C@H](O)[C@H]4NC(C)=O)[C@H]3O)[C@H]2O)O[C@H](CO)[C@@H](O[C@@H]2O[C@H](CO)[C@H](O)[C@H](O)[C@H]2O)[C@@H]1O. The van der Waals surface area contributed by atoms with Crippen LogP contribution in [0, 0.1) is 0 Å². The van der Waals surface area contributed by atoms with Gasteiger partial charge in [0.05, 0.1) is 39.6 Å². The predicted molar refractivity (Wildman–Crippen MR) is 222 cm³/mol. The maximum atomic E-state index is 12.5. The minimum atomic E-state index is -2.27. The Kier molecular flexibility index (Phi) is 21.3. The van der Waals surface area contributed by atoms with E-state index < -0.39 is 236 Å². The largest absolute Gasteiger partial charge is 0.394 e. The molecule has 0 unspecified atom stereocenters. The molecule has 20 N–H and O–H groups in total. The van der Waals surface area contributed by atoms with Crippen molar-refractivity contribution in [2.45, 2.75) is 198 Å². The molecule has 0 saturated carbocycles. The van der Waals surface area contributed by atoms with Crippen LogP contribution in [0.3, 0.4) is 0 Å². The van der Waals surface area contributed by atoms with Gasteiger partial charge in [0.25, 0.3) is 0 Å². The molecule has 30 atom stereocenters. The van der Waals surface area contributed by atoms with Gasteiger partial charge >= 0.3 is 0 Å². The molecule has 0 radical (unpaired) electrons. The zero-order valence-electron chi connectivity index (χ0n) is 38.9. The van der Waals surface area contributed by atoms with Crippen LogP contribution in [0.1, 0.15) is 13.8 Å². The lowest BCUT2D eigenvalue weighted by atomic mass is 9.94. The molecule has 6 fully saturated rings. The van der Waals surface area contributed by atoms with E-state index in [4.69, 9.17) is 52.1 Å². The molecular weight excluding hydrogens is 1000 g/mol. The molecule has 6 rings (SSSR count). The van der Waals surface area contributed by atoms with Gasteiger partial charge in [0.15, 0.2) is 37.7 Å². The molecule has 6 aliphatic heterocycles. The van der Waals surface area contributed by atoms with Crippen molar-refractivity contribution in [3.05, 3.63) is 0 Å². The second kappa shape index (κ2) is 26.0. The lowest BCUT2D eigenvalue weighted by Gasteiger charge is -2.50. The van der Waals surface area contributed by atoms with Crippen LogP contribution in [-0.4, -0.2) is 327 Å². The Labute approximate surface area is 413 Å². The van der Waals surface area contributed by atoms with E-state index in [1.54, 1.807) is 0 Å². The van der Waals surface area contributed by atoms with E-state index in [0.717, 1.165) is 13.8 Å². The first-order valence-corrected chi connectivity index (χ1v) is 23.1. The second-order valence-electron chi connectivity index (χ2n) is 18.3. The standard InChI is InChI=1S/C40H68N2O31/c1-9(48)41-17-23(54)19(50)11(3-43)65-37(17)72-33-21(52)13(5-45)67-39(29(33)60)73-34-22(53)16(69-40(30(34)61)71-32-14(6-46)64-35(62)27(58)26(32)57)8-63-36-18(42-10(2)49)24(55)31(15(7-47)68-36)70-38-28(59)25(56)20(51)12(4-44)66-38/h11-40,43-47,50-62H,3-8H2,1-2H3,(H,41,48)(H,42,49)/t11-,12-,13-,14-,15-,16-,17-,18-,19+,20+,21+,22+,23-,24-,25+,26-,27-,28-,29-,30-,31-,32-,33+,34+,35-,36-,37+,38+,39-,40+/m1/s1. The van der Waals surface area contributed by atoms with Gasteiger partial charge in [-0.25, -0.2) is 0 Å². The van der Waals surface area contributed by atoms with Crippen molar-refractivity contribution >= 4 is 11.8 Å². The van der Waals surface area contributed by atoms with Gasteiger partial charge in [0, 0.05) is 13.8 Å². The topological polar surface area (TPSA) is 524 Å². The first kappa shape index (κ1) is 60.0. The maximum absolute atomic E-state index is 12.5. The molecule has 424 valence electrons. The maximum Gasteiger partial charge on any atom is 0.217 e. The van der Waals surface area contributed by atoms with Gasteiger partial charge in [-0.2, -0.15) is 0 Å². The quantitative estimate of drug-likeness (QED) is 0.0606. The van der Waals surface area contributed by atoms with E-state index in [2.05, 4.69) is 10.6 Å². The third kappa shape index (κ3) is 13.0. The average molecular weight is 1070 g/mol. The molecule has 0 aromatic carbocycles. The van der Waals surface area contributed by atoms with E-state index in [9.17, 15) is 102 Å². The third-order valence-electron chi connectivity index (χ3n) is 13.2. The number of aliphatic hydroxyl groups is 18. The molecule has 0 bridgehead atoms. The number of carbonyl (C=O) groups excluding carboxylic acids is 2. The smallest absolute Gasteiger partial charge is 0.217 e. The van der Waals surface area contributed by atoms with Crippen molar-refractivity contribution in [3.63, 3.8) is 0 Å². The third-order valence-corrected chi connectivity index (χ3v) is 13.2. The summed E-state index contributed by atoms with van der Waals surface area (Å²) in [7, 11) is 0. The van der Waals surface area contributed by atoms with Crippen molar-refractivity contribution < 1.29 is 154 Å². The van der Waals surface area contributed by atoms with Crippen LogP contribution in [0.2, 0.25) is 0 Å². The van der Waals surface area contributed by atoms with Crippen molar-refractivity contribution in [2.75, 3.05) is 39.6 Å². The highest BCUT2D eigenvalue weighted by Gasteiger charge is 2.57. The van der Waals surface area contributed by atoms with Crippen LogP contribution in [0.5, 0.6) is 0 Å². The summed E-state index contributed by atoms with van der Waals surface area (Å²) >= 11 is 0. The Morgan fingerprint density at radius 1 is 0.356 bits per heavy atom. The van der Waals surface area contributed by atoms with Crippen molar-refractivity contribution in [2.24, 2.45) is 0 Å². The lowest BCUT2D eigenvalue weighted by Crippen LogP contribution is -2.69. The fraction of sp³-hybridized carbons (Fsp3) is 0.950. The number of rotatable bonds is 18. The van der Waals surface area contributed by atoms with Gasteiger partial charge in [0.2, 0.25) is 11.8 Å². The van der Waals surface area contributed by atoms with Gasteiger partial charge in [-0.3, -0.25) is 9.59 Å². The summed E-state index contributed by atoms with van der Waals surface area (Å²) in [6, 6.07) is -3.29. The highest BCUT2D eigenvalue weighted by Crippen LogP contribution is 2.36. The second-order valence-corrected chi connectivity index (χ2v) is 18.3. The fourth-order valence-electron chi connectivity index (χ4n) is 9.22. The average Bonchev–Trinajstić information content (AvgIpc) is 3.35. The van der Waals surface area contributed by atoms with Crippen LogP contribution >= 0.6 is 0 Å². The summed E-state index contributed by atoms with van der Waals surface area (Å²) in [5, 5.41) is 197. The summed E-state index contributed by atoms with van der Waals surface area (Å²) < 4.78 is 62.6. The van der Waals surface area contributed by atoms with Crippen LogP contribution < -0.4 is 10.6 Å². The van der Waals surface area contributed by atoms with Crippen LogP contribution in [0.25, 0.3) is 0 Å². The number of carbonyl (C=O) groups is 2. The normalized spacial score (nSPS) is 49.8. The molecule has 33 nitrogen and oxygen atoms in total. The Hall–Kier alpha value is -2.22. The van der Waals surface area contributed by atoms with E-state index >= 15 is 0 Å². The van der Waals surface area contributed by atoms with Crippen molar-refractivity contribution in [3.8, 4) is 0 Å².